The average Bonchev–Trinajstić information content (AvgIpc) is 3.36. The number of hydrogen-bond acceptors (Lipinski definition) is 5. The van der Waals surface area contributed by atoms with Crippen LogP contribution in [-0.2, 0) is 19.4 Å². The first-order chi connectivity index (χ1) is 13.2. The van der Waals surface area contributed by atoms with Crippen molar-refractivity contribution in [3.8, 4) is 5.88 Å². The first-order valence-electron chi connectivity index (χ1n) is 9.82. The molecule has 1 N–H and O–H groups in total. The van der Waals surface area contributed by atoms with Gasteiger partial charge in [-0.15, -0.1) is 0 Å². The topological polar surface area (TPSA) is 67.6 Å². The third-order valence-corrected chi connectivity index (χ3v) is 5.57. The number of aryl methyl sites for hydroxylation is 2. The highest BCUT2D eigenvalue weighted by molar-refractivity contribution is 5.96. The highest BCUT2D eigenvalue weighted by Crippen LogP contribution is 2.26. The van der Waals surface area contributed by atoms with Crippen LogP contribution in [0.15, 0.2) is 28.9 Å². The van der Waals surface area contributed by atoms with Crippen molar-refractivity contribution in [1.29, 1.82) is 0 Å². The van der Waals surface area contributed by atoms with Gasteiger partial charge < -0.3 is 14.5 Å². The van der Waals surface area contributed by atoms with Crippen LogP contribution in [0.25, 0.3) is 0 Å². The fourth-order valence-electron chi connectivity index (χ4n) is 4.19. The second-order valence-electron chi connectivity index (χ2n) is 7.54. The largest absolute Gasteiger partial charge is 0.480 e. The Labute approximate surface area is 159 Å². The van der Waals surface area contributed by atoms with Crippen molar-refractivity contribution in [2.24, 2.45) is 5.92 Å². The fourth-order valence-corrected chi connectivity index (χ4v) is 4.19. The summed E-state index contributed by atoms with van der Waals surface area (Å²) < 4.78 is 10.8. The van der Waals surface area contributed by atoms with Gasteiger partial charge in [-0.3, -0.25) is 9.69 Å². The molecule has 0 bridgehead atoms. The van der Waals surface area contributed by atoms with E-state index < -0.39 is 0 Å². The van der Waals surface area contributed by atoms with Gasteiger partial charge >= 0.3 is 0 Å². The molecule has 144 valence electrons. The first-order valence-corrected chi connectivity index (χ1v) is 9.82. The lowest BCUT2D eigenvalue weighted by Gasteiger charge is -2.32. The van der Waals surface area contributed by atoms with E-state index in [1.54, 1.807) is 13.4 Å². The summed E-state index contributed by atoms with van der Waals surface area (Å²) in [7, 11) is 1.58. The third-order valence-electron chi connectivity index (χ3n) is 5.57. The van der Waals surface area contributed by atoms with E-state index in [-0.39, 0.29) is 5.91 Å². The summed E-state index contributed by atoms with van der Waals surface area (Å²) in [5, 5.41) is 3.10. The molecule has 6 heteroatoms. The highest BCUT2D eigenvalue weighted by Gasteiger charge is 2.24. The number of ether oxygens (including phenoxy) is 1. The lowest BCUT2D eigenvalue weighted by atomic mass is 9.97. The molecule has 1 fully saturated rings. The molecule has 1 aliphatic carbocycles. The number of furan rings is 1. The van der Waals surface area contributed by atoms with Crippen LogP contribution in [0.1, 0.15) is 46.6 Å². The minimum absolute atomic E-state index is 0.0859. The predicted octanol–water partition coefficient (Wildman–Crippen LogP) is 2.81. The number of pyridine rings is 1. The Hall–Kier alpha value is -2.34. The SMILES string of the molecule is COc1nc2c(cc1C(=O)NCC1CCCN(Cc3ccco3)C1)CCC2. The molecule has 27 heavy (non-hydrogen) atoms. The molecule has 0 spiro atoms. The number of nitrogens with one attached hydrogen (secondary N) is 1. The second kappa shape index (κ2) is 8.13. The summed E-state index contributed by atoms with van der Waals surface area (Å²) in [6.45, 7) is 3.56. The maximum Gasteiger partial charge on any atom is 0.256 e. The molecule has 6 nitrogen and oxygen atoms in total. The van der Waals surface area contributed by atoms with Gasteiger partial charge in [0.1, 0.15) is 11.3 Å². The van der Waals surface area contributed by atoms with Crippen LogP contribution in [0.4, 0.5) is 0 Å². The molecule has 1 atom stereocenters. The van der Waals surface area contributed by atoms with Gasteiger partial charge in [-0.25, -0.2) is 4.98 Å². The van der Waals surface area contributed by atoms with Gasteiger partial charge in [0.05, 0.1) is 19.9 Å². The smallest absolute Gasteiger partial charge is 0.256 e. The van der Waals surface area contributed by atoms with Gasteiger partial charge in [-0.2, -0.15) is 0 Å². The predicted molar refractivity (Wildman–Crippen MR) is 102 cm³/mol. The molecule has 1 unspecified atom stereocenters. The van der Waals surface area contributed by atoms with Crippen LogP contribution < -0.4 is 10.1 Å². The van der Waals surface area contributed by atoms with Crippen LogP contribution in [0.5, 0.6) is 5.88 Å². The van der Waals surface area contributed by atoms with Crippen LogP contribution in [0.2, 0.25) is 0 Å². The Morgan fingerprint density at radius 3 is 3.15 bits per heavy atom. The summed E-state index contributed by atoms with van der Waals surface area (Å²) >= 11 is 0. The Balaban J connectivity index is 1.35. The number of methoxy groups -OCH3 is 1. The molecule has 1 amide bonds. The average molecular weight is 369 g/mol. The Bertz CT molecular complexity index is 788. The van der Waals surface area contributed by atoms with Crippen molar-refractivity contribution in [2.75, 3.05) is 26.7 Å². The number of amides is 1. The molecule has 0 radical (unpaired) electrons. The van der Waals surface area contributed by atoms with Gasteiger partial charge in [0.25, 0.3) is 5.91 Å². The van der Waals surface area contributed by atoms with Crippen molar-refractivity contribution in [1.82, 2.24) is 15.2 Å². The minimum Gasteiger partial charge on any atom is -0.480 e. The van der Waals surface area contributed by atoms with E-state index in [0.29, 0.717) is 23.9 Å². The fraction of sp³-hybridized carbons (Fsp3) is 0.524. The summed E-state index contributed by atoms with van der Waals surface area (Å²) in [5.74, 6) is 1.80. The molecule has 1 aliphatic heterocycles. The lowest BCUT2D eigenvalue weighted by molar-refractivity contribution is 0.0924. The summed E-state index contributed by atoms with van der Waals surface area (Å²) in [5.41, 5.74) is 2.81. The Morgan fingerprint density at radius 1 is 1.41 bits per heavy atom. The molecular weight excluding hydrogens is 342 g/mol. The number of nitrogens with zero attached hydrogens (tertiary/aromatic N) is 2. The molecule has 2 aromatic rings. The summed E-state index contributed by atoms with van der Waals surface area (Å²) in [4.78, 5) is 19.7. The Kier molecular flexibility index (Phi) is 5.43. The standard InChI is InChI=1S/C21H27N3O3/c1-26-21-18(11-16-6-2-8-19(16)23-21)20(25)22-12-15-5-3-9-24(13-15)14-17-7-4-10-27-17/h4,7,10-11,15H,2-3,5-6,8-9,12-14H2,1H3,(H,22,25). The Morgan fingerprint density at radius 2 is 2.33 bits per heavy atom. The van der Waals surface area contributed by atoms with E-state index in [1.807, 2.05) is 18.2 Å². The number of rotatable bonds is 6. The van der Waals surface area contributed by atoms with E-state index in [4.69, 9.17) is 9.15 Å². The van der Waals surface area contributed by atoms with Crippen LogP contribution >= 0.6 is 0 Å². The number of likely N-dealkylation sites (tertiary alicyclic amines) is 1. The zero-order valence-electron chi connectivity index (χ0n) is 15.9. The van der Waals surface area contributed by atoms with Crippen molar-refractivity contribution in [2.45, 2.75) is 38.6 Å². The molecule has 2 aliphatic rings. The van der Waals surface area contributed by atoms with Crippen molar-refractivity contribution in [3.05, 3.63) is 47.0 Å². The zero-order valence-corrected chi connectivity index (χ0v) is 15.9. The van der Waals surface area contributed by atoms with E-state index in [9.17, 15) is 4.79 Å². The van der Waals surface area contributed by atoms with Gasteiger partial charge in [-0.1, -0.05) is 0 Å². The first kappa shape index (κ1) is 18.0. The lowest BCUT2D eigenvalue weighted by Crippen LogP contribution is -2.40. The van der Waals surface area contributed by atoms with Gasteiger partial charge in [0.15, 0.2) is 0 Å². The molecule has 1 saturated heterocycles. The summed E-state index contributed by atoms with van der Waals surface area (Å²) in [6.07, 6.45) is 7.07. The van der Waals surface area contributed by atoms with Crippen LogP contribution in [0, 0.1) is 5.92 Å². The maximum absolute atomic E-state index is 12.7. The molecule has 4 rings (SSSR count). The molecular formula is C21H27N3O3. The van der Waals surface area contributed by atoms with Gasteiger partial charge in [0, 0.05) is 18.8 Å². The summed E-state index contributed by atoms with van der Waals surface area (Å²) in [6, 6.07) is 5.90. The van der Waals surface area contributed by atoms with Gasteiger partial charge in [0.2, 0.25) is 5.88 Å². The number of fused-ring (bicyclic) bond motifs is 1. The quantitative estimate of drug-likeness (QED) is 0.848. The number of piperidine rings is 1. The number of carbonyl (C=O) groups excluding carboxylic acids is 1. The van der Waals surface area contributed by atoms with Crippen molar-refractivity contribution in [3.63, 3.8) is 0 Å². The van der Waals surface area contributed by atoms with E-state index in [1.165, 1.54) is 5.56 Å². The third kappa shape index (κ3) is 4.16. The zero-order chi connectivity index (χ0) is 18.6. The van der Waals surface area contributed by atoms with Crippen molar-refractivity contribution < 1.29 is 13.9 Å². The van der Waals surface area contributed by atoms with E-state index in [2.05, 4.69) is 15.2 Å². The monoisotopic (exact) mass is 369 g/mol. The van der Waals surface area contributed by atoms with Crippen LogP contribution in [0.3, 0.4) is 0 Å². The second-order valence-corrected chi connectivity index (χ2v) is 7.54. The maximum atomic E-state index is 12.7. The van der Waals surface area contributed by atoms with E-state index >= 15 is 0 Å². The number of hydrogen-bond donors (Lipinski definition) is 1. The molecule has 0 aromatic carbocycles. The normalized spacial score (nSPS) is 19.7. The molecule has 0 saturated carbocycles. The van der Waals surface area contributed by atoms with Crippen LogP contribution in [-0.4, -0.2) is 42.5 Å². The van der Waals surface area contributed by atoms with E-state index in [0.717, 1.165) is 63.2 Å². The van der Waals surface area contributed by atoms with Gasteiger partial charge in [-0.05, 0) is 68.3 Å². The number of aromatic nitrogens is 1. The minimum atomic E-state index is -0.0859. The molecule has 2 aromatic heterocycles. The number of carbonyl (C=O) groups is 1. The van der Waals surface area contributed by atoms with Crippen molar-refractivity contribution >= 4 is 5.91 Å². The highest BCUT2D eigenvalue weighted by atomic mass is 16.5. The molecule has 3 heterocycles.